The molecule has 9 nitrogen and oxygen atoms in total. The van der Waals surface area contributed by atoms with Gasteiger partial charge in [0.15, 0.2) is 0 Å². The minimum atomic E-state index is -0.748. The smallest absolute Gasteiger partial charge is 0.300 e. The van der Waals surface area contributed by atoms with Crippen molar-refractivity contribution in [2.45, 2.75) is 108 Å². The molecular weight excluding hydrogens is 492 g/mol. The third-order valence-electron chi connectivity index (χ3n) is 10.1. The summed E-state index contributed by atoms with van der Waals surface area (Å²) in [5.74, 6) is 1.72. The average Bonchev–Trinajstić information content (AvgIpc) is 3.09. The summed E-state index contributed by atoms with van der Waals surface area (Å²) >= 11 is 0. The van der Waals surface area contributed by atoms with Crippen molar-refractivity contribution in [2.24, 2.45) is 11.8 Å². The average molecular weight is 531 g/mol. The van der Waals surface area contributed by atoms with Gasteiger partial charge in [-0.05, 0) is 75.8 Å². The van der Waals surface area contributed by atoms with Crippen molar-refractivity contribution in [3.8, 4) is 5.82 Å². The largest absolute Gasteiger partial charge is 0.351 e. The molecule has 4 bridgehead atoms. The fourth-order valence-corrected chi connectivity index (χ4v) is 8.57. The molecule has 2 aromatic heterocycles. The summed E-state index contributed by atoms with van der Waals surface area (Å²) in [5.41, 5.74) is -0.0711. The Kier molecular flexibility index (Phi) is 6.29. The second kappa shape index (κ2) is 9.84. The van der Waals surface area contributed by atoms with E-state index >= 15 is 0 Å². The first kappa shape index (κ1) is 24.9. The molecule has 4 aliphatic rings. The molecule has 3 aromatic rings. The Morgan fingerprint density at radius 3 is 2.21 bits per heavy atom. The van der Waals surface area contributed by atoms with Crippen LogP contribution >= 0.6 is 0 Å². The summed E-state index contributed by atoms with van der Waals surface area (Å²) in [4.78, 5) is 48.5. The summed E-state index contributed by atoms with van der Waals surface area (Å²) in [6.45, 7) is 1.52. The number of H-pyrrole nitrogens is 1. The molecule has 6 atom stereocenters. The summed E-state index contributed by atoms with van der Waals surface area (Å²) in [6.07, 6.45) is 15.2. The van der Waals surface area contributed by atoms with Crippen LogP contribution in [0, 0.1) is 18.8 Å². The number of hydrogen-bond acceptors (Lipinski definition) is 6. The summed E-state index contributed by atoms with van der Waals surface area (Å²) in [7, 11) is 0. The third kappa shape index (κ3) is 4.39. The van der Waals surface area contributed by atoms with Crippen molar-refractivity contribution in [1.82, 2.24) is 29.2 Å². The molecule has 2 aliphatic heterocycles. The molecule has 4 heterocycles. The van der Waals surface area contributed by atoms with Crippen LogP contribution in [-0.4, -0.2) is 47.3 Å². The molecule has 0 amide bonds. The molecule has 1 N–H and O–H groups in total. The molecule has 1 unspecified atom stereocenters. The first-order valence-electron chi connectivity index (χ1n) is 15.0. The second-order valence-electron chi connectivity index (χ2n) is 12.5. The zero-order chi connectivity index (χ0) is 26.7. The van der Waals surface area contributed by atoms with Crippen LogP contribution in [-0.2, 0) is 0 Å². The predicted molar refractivity (Wildman–Crippen MR) is 149 cm³/mol. The third-order valence-corrected chi connectivity index (χ3v) is 10.1. The van der Waals surface area contributed by atoms with Gasteiger partial charge in [-0.25, -0.2) is 9.78 Å². The van der Waals surface area contributed by atoms with Crippen LogP contribution in [0.15, 0.2) is 38.6 Å². The van der Waals surface area contributed by atoms with Crippen molar-refractivity contribution in [2.75, 3.05) is 0 Å². The highest BCUT2D eigenvalue weighted by Crippen LogP contribution is 2.47. The lowest BCUT2D eigenvalue weighted by molar-refractivity contribution is -0.0420. The lowest BCUT2D eigenvalue weighted by Crippen LogP contribution is -2.58. The summed E-state index contributed by atoms with van der Waals surface area (Å²) < 4.78 is 2.84. The lowest BCUT2D eigenvalue weighted by Gasteiger charge is -2.54. The molecule has 206 valence electrons. The standard InChI is InChI=1S/C30H38N6O3/c1-18-28(37)32-30(39)36(33-18)27-29(38)35(26-12-5-4-11-25(26)31-27)24-16-21-9-6-10-22(17-24)34(21)23-14-19-7-2-3-8-20(13-19)15-23/h4-5,11-12,19-24H,2-3,6-10,13-17H2,1H3,(H,32,37,39)/t19-,20+,21-,22+,23+,24?. The van der Waals surface area contributed by atoms with E-state index in [1.54, 1.807) is 0 Å². The quantitative estimate of drug-likeness (QED) is 0.551. The van der Waals surface area contributed by atoms with Gasteiger partial charge in [-0.15, -0.1) is 0 Å². The van der Waals surface area contributed by atoms with E-state index in [-0.39, 0.29) is 23.1 Å². The van der Waals surface area contributed by atoms with Gasteiger partial charge in [0.05, 0.1) is 11.0 Å². The number of para-hydroxylation sites is 2. The molecule has 0 spiro atoms. The predicted octanol–water partition coefficient (Wildman–Crippen LogP) is 3.86. The van der Waals surface area contributed by atoms with E-state index in [2.05, 4.69) is 20.0 Å². The maximum absolute atomic E-state index is 14.1. The maximum atomic E-state index is 14.1. The van der Waals surface area contributed by atoms with Crippen LogP contribution in [0.5, 0.6) is 0 Å². The fraction of sp³-hybridized carbons (Fsp3) is 0.633. The highest BCUT2D eigenvalue weighted by atomic mass is 16.2. The highest BCUT2D eigenvalue weighted by Gasteiger charge is 2.45. The van der Waals surface area contributed by atoms with E-state index in [0.29, 0.717) is 23.6 Å². The van der Waals surface area contributed by atoms with E-state index in [1.165, 1.54) is 71.1 Å². The van der Waals surface area contributed by atoms with Gasteiger partial charge in [0, 0.05) is 24.2 Å². The molecule has 39 heavy (non-hydrogen) atoms. The molecule has 2 saturated heterocycles. The second-order valence-corrected chi connectivity index (χ2v) is 12.5. The lowest BCUT2D eigenvalue weighted by atomic mass is 9.73. The number of aromatic amines is 1. The van der Waals surface area contributed by atoms with Crippen LogP contribution < -0.4 is 16.8 Å². The molecule has 0 radical (unpaired) electrons. The van der Waals surface area contributed by atoms with Crippen LogP contribution in [0.3, 0.4) is 0 Å². The number of nitrogens with zero attached hydrogens (tertiary/aromatic N) is 5. The monoisotopic (exact) mass is 530 g/mol. The van der Waals surface area contributed by atoms with Crippen molar-refractivity contribution < 1.29 is 0 Å². The maximum Gasteiger partial charge on any atom is 0.351 e. The number of rotatable bonds is 3. The van der Waals surface area contributed by atoms with Gasteiger partial charge < -0.3 is 4.57 Å². The van der Waals surface area contributed by atoms with Crippen molar-refractivity contribution in [1.29, 1.82) is 0 Å². The molecule has 7 rings (SSSR count). The molecule has 4 fully saturated rings. The molecule has 2 saturated carbocycles. The van der Waals surface area contributed by atoms with E-state index in [0.717, 1.165) is 34.9 Å². The van der Waals surface area contributed by atoms with Gasteiger partial charge in [0.2, 0.25) is 5.82 Å². The van der Waals surface area contributed by atoms with Gasteiger partial charge in [-0.1, -0.05) is 44.2 Å². The Bertz CT molecular complexity index is 1550. The number of piperidine rings is 2. The Morgan fingerprint density at radius 1 is 0.795 bits per heavy atom. The van der Waals surface area contributed by atoms with Gasteiger partial charge in [-0.3, -0.25) is 19.5 Å². The molecule has 1 aromatic carbocycles. The first-order chi connectivity index (χ1) is 19.0. The minimum absolute atomic E-state index is 0.0288. The van der Waals surface area contributed by atoms with Gasteiger partial charge in [-0.2, -0.15) is 9.78 Å². The summed E-state index contributed by atoms with van der Waals surface area (Å²) in [6, 6.07) is 9.32. The van der Waals surface area contributed by atoms with Crippen LogP contribution in [0.25, 0.3) is 16.9 Å². The number of aryl methyl sites for hydroxylation is 1. The topological polar surface area (TPSA) is 106 Å². The summed E-state index contributed by atoms with van der Waals surface area (Å²) in [5, 5.41) is 4.14. The van der Waals surface area contributed by atoms with Gasteiger partial charge >= 0.3 is 5.69 Å². The normalized spacial score (nSPS) is 31.2. The van der Waals surface area contributed by atoms with Gasteiger partial charge in [0.25, 0.3) is 11.1 Å². The Morgan fingerprint density at radius 2 is 1.49 bits per heavy atom. The van der Waals surface area contributed by atoms with Gasteiger partial charge in [0.1, 0.15) is 5.69 Å². The van der Waals surface area contributed by atoms with E-state index in [1.807, 2.05) is 28.8 Å². The van der Waals surface area contributed by atoms with Crippen LogP contribution in [0.2, 0.25) is 0 Å². The number of benzene rings is 1. The zero-order valence-electron chi connectivity index (χ0n) is 22.7. The van der Waals surface area contributed by atoms with E-state index < -0.39 is 11.2 Å². The SMILES string of the molecule is Cc1nn(-c2nc3ccccc3n(C3C[C@H]4CCC[C@@H](C3)N4[C@H]3C[C@@H]4CCCC[C@@H](C4)C3)c2=O)c(=O)[nH]c1=O. The minimum Gasteiger partial charge on any atom is -0.300 e. The van der Waals surface area contributed by atoms with Crippen LogP contribution in [0.1, 0.15) is 88.8 Å². The van der Waals surface area contributed by atoms with Crippen molar-refractivity contribution in [3.63, 3.8) is 0 Å². The number of fused-ring (bicyclic) bond motifs is 5. The zero-order valence-corrected chi connectivity index (χ0v) is 22.7. The number of nitrogens with one attached hydrogen (secondary N) is 1. The first-order valence-corrected chi connectivity index (χ1v) is 15.0. The Balaban J connectivity index is 1.28. The van der Waals surface area contributed by atoms with E-state index in [9.17, 15) is 14.4 Å². The van der Waals surface area contributed by atoms with Crippen molar-refractivity contribution in [3.05, 3.63) is 61.2 Å². The number of hydrogen-bond donors (Lipinski definition) is 1. The Hall–Kier alpha value is -3.07. The highest BCUT2D eigenvalue weighted by molar-refractivity contribution is 5.75. The fourth-order valence-electron chi connectivity index (χ4n) is 8.57. The van der Waals surface area contributed by atoms with E-state index in [4.69, 9.17) is 0 Å². The Labute approximate surface area is 227 Å². The molecular formula is C30H38N6O3. The molecule has 9 heteroatoms. The van der Waals surface area contributed by atoms with Crippen molar-refractivity contribution >= 4 is 11.0 Å². The molecule has 2 aliphatic carbocycles. The number of aromatic nitrogens is 5. The van der Waals surface area contributed by atoms with Crippen LogP contribution in [0.4, 0.5) is 0 Å².